The fraction of sp³-hybridized carbons (Fsp3) is 0.444. The van der Waals surface area contributed by atoms with Gasteiger partial charge in [-0.25, -0.2) is 9.59 Å². The normalized spacial score (nSPS) is 14.6. The van der Waals surface area contributed by atoms with Gasteiger partial charge < -0.3 is 14.2 Å². The number of carbonyl (C=O) groups is 2. The third-order valence-electron chi connectivity index (χ3n) is 3.57. The Kier molecular flexibility index (Phi) is 5.17. The molecule has 0 saturated carbocycles. The van der Waals surface area contributed by atoms with Crippen LogP contribution in [-0.2, 0) is 14.3 Å². The van der Waals surface area contributed by atoms with Crippen LogP contribution in [0.25, 0.3) is 5.57 Å². The second-order valence-corrected chi connectivity index (χ2v) is 6.43. The van der Waals surface area contributed by atoms with E-state index in [0.717, 1.165) is 16.9 Å². The number of benzene rings is 1. The van der Waals surface area contributed by atoms with Crippen molar-refractivity contribution in [3.05, 3.63) is 35.5 Å². The van der Waals surface area contributed by atoms with Gasteiger partial charge in [0.05, 0.1) is 14.2 Å². The molecule has 0 atom stereocenters. The average Bonchev–Trinajstić information content (AvgIpc) is 2.97. The maximum absolute atomic E-state index is 12.4. The number of methoxy groups -OCH3 is 2. The van der Waals surface area contributed by atoms with E-state index in [0.29, 0.717) is 13.0 Å². The zero-order valence-electron chi connectivity index (χ0n) is 14.7. The van der Waals surface area contributed by atoms with Crippen molar-refractivity contribution in [1.29, 1.82) is 0 Å². The molecule has 1 aliphatic rings. The van der Waals surface area contributed by atoms with Crippen molar-refractivity contribution in [2.75, 3.05) is 20.8 Å². The summed E-state index contributed by atoms with van der Waals surface area (Å²) >= 11 is 0. The fourth-order valence-corrected chi connectivity index (χ4v) is 2.52. The van der Waals surface area contributed by atoms with Gasteiger partial charge in [0, 0.05) is 6.54 Å². The Morgan fingerprint density at radius 3 is 2.21 bits per heavy atom. The van der Waals surface area contributed by atoms with Gasteiger partial charge in [0.1, 0.15) is 17.0 Å². The Morgan fingerprint density at radius 1 is 1.08 bits per heavy atom. The quantitative estimate of drug-likeness (QED) is 0.795. The number of nitrogens with zero attached hydrogens (tertiary/aromatic N) is 1. The van der Waals surface area contributed by atoms with Gasteiger partial charge in [-0.15, -0.1) is 0 Å². The maximum Gasteiger partial charge on any atom is 0.415 e. The smallest absolute Gasteiger partial charge is 0.415 e. The fourth-order valence-electron chi connectivity index (χ4n) is 2.52. The number of rotatable bonds is 3. The molecule has 0 radical (unpaired) electrons. The molecule has 0 spiro atoms. The number of esters is 1. The molecule has 0 aliphatic carbocycles. The first-order chi connectivity index (χ1) is 11.3. The van der Waals surface area contributed by atoms with Crippen LogP contribution in [0.4, 0.5) is 4.79 Å². The number of carbonyl (C=O) groups excluding carboxylic acids is 2. The molecule has 2 rings (SSSR count). The lowest BCUT2D eigenvalue weighted by Gasteiger charge is -2.25. The van der Waals surface area contributed by atoms with Crippen LogP contribution in [0, 0.1) is 0 Å². The summed E-state index contributed by atoms with van der Waals surface area (Å²) in [4.78, 5) is 26.0. The van der Waals surface area contributed by atoms with E-state index >= 15 is 0 Å². The van der Waals surface area contributed by atoms with Crippen molar-refractivity contribution in [3.8, 4) is 5.75 Å². The van der Waals surface area contributed by atoms with Crippen LogP contribution in [0.15, 0.2) is 30.0 Å². The highest BCUT2D eigenvalue weighted by Crippen LogP contribution is 2.33. The van der Waals surface area contributed by atoms with Crippen LogP contribution >= 0.6 is 0 Å². The zero-order valence-corrected chi connectivity index (χ0v) is 14.7. The summed E-state index contributed by atoms with van der Waals surface area (Å²) in [5.41, 5.74) is 1.20. The number of hydrogen-bond donors (Lipinski definition) is 0. The van der Waals surface area contributed by atoms with E-state index in [1.807, 2.05) is 24.3 Å². The molecular weight excluding hydrogens is 310 g/mol. The van der Waals surface area contributed by atoms with E-state index in [1.165, 1.54) is 12.0 Å². The molecule has 1 aromatic rings. The van der Waals surface area contributed by atoms with Crippen molar-refractivity contribution in [1.82, 2.24) is 4.90 Å². The van der Waals surface area contributed by atoms with Crippen LogP contribution in [0.1, 0.15) is 32.8 Å². The molecule has 1 amide bonds. The predicted octanol–water partition coefficient (Wildman–Crippen LogP) is 3.22. The third kappa shape index (κ3) is 3.88. The molecule has 1 heterocycles. The molecule has 0 N–H and O–H groups in total. The number of ether oxygens (including phenoxy) is 3. The van der Waals surface area contributed by atoms with Gasteiger partial charge in [-0.2, -0.15) is 0 Å². The molecule has 0 aromatic heterocycles. The van der Waals surface area contributed by atoms with Crippen molar-refractivity contribution < 1.29 is 23.8 Å². The summed E-state index contributed by atoms with van der Waals surface area (Å²) in [6.07, 6.45) is 0.00197. The Balaban J connectivity index is 2.39. The van der Waals surface area contributed by atoms with Crippen LogP contribution in [0.2, 0.25) is 0 Å². The summed E-state index contributed by atoms with van der Waals surface area (Å²) in [7, 11) is 2.89. The monoisotopic (exact) mass is 333 g/mol. The van der Waals surface area contributed by atoms with Gasteiger partial charge in [-0.1, -0.05) is 12.1 Å². The molecule has 0 saturated heterocycles. The van der Waals surface area contributed by atoms with E-state index in [4.69, 9.17) is 14.2 Å². The van der Waals surface area contributed by atoms with Crippen LogP contribution in [0.3, 0.4) is 0 Å². The minimum absolute atomic E-state index is 0.233. The largest absolute Gasteiger partial charge is 0.497 e. The van der Waals surface area contributed by atoms with Crippen molar-refractivity contribution >= 4 is 17.6 Å². The van der Waals surface area contributed by atoms with E-state index in [1.54, 1.807) is 27.9 Å². The molecule has 0 bridgehead atoms. The van der Waals surface area contributed by atoms with Gasteiger partial charge in [0.25, 0.3) is 0 Å². The predicted molar refractivity (Wildman–Crippen MR) is 89.5 cm³/mol. The second kappa shape index (κ2) is 6.95. The molecular formula is C18H23NO5. The molecule has 0 unspecified atom stereocenters. The number of amides is 1. The zero-order chi connectivity index (χ0) is 17.9. The SMILES string of the molecule is COC(=O)C1=C(c2ccc(OC)cc2)CCN1C(=O)OC(C)(C)C. The summed E-state index contributed by atoms with van der Waals surface area (Å²) in [5, 5.41) is 0. The molecule has 1 aromatic carbocycles. The van der Waals surface area contributed by atoms with Crippen LogP contribution in [-0.4, -0.2) is 43.3 Å². The van der Waals surface area contributed by atoms with E-state index < -0.39 is 17.7 Å². The highest BCUT2D eigenvalue weighted by molar-refractivity contribution is 6.01. The lowest BCUT2D eigenvalue weighted by Crippen LogP contribution is -2.37. The lowest BCUT2D eigenvalue weighted by molar-refractivity contribution is -0.137. The van der Waals surface area contributed by atoms with E-state index in [9.17, 15) is 9.59 Å². The van der Waals surface area contributed by atoms with Crippen molar-refractivity contribution in [2.24, 2.45) is 0 Å². The minimum Gasteiger partial charge on any atom is -0.497 e. The summed E-state index contributed by atoms with van der Waals surface area (Å²) in [5.74, 6) is 0.171. The first kappa shape index (κ1) is 17.8. The summed E-state index contributed by atoms with van der Waals surface area (Å²) < 4.78 is 15.4. The molecule has 1 aliphatic heterocycles. The molecule has 130 valence electrons. The number of hydrogen-bond acceptors (Lipinski definition) is 5. The highest BCUT2D eigenvalue weighted by Gasteiger charge is 2.36. The molecule has 6 heteroatoms. The first-order valence-electron chi connectivity index (χ1n) is 7.73. The minimum atomic E-state index is -0.638. The van der Waals surface area contributed by atoms with Gasteiger partial charge in [0.2, 0.25) is 0 Å². The Labute approximate surface area is 142 Å². The molecule has 24 heavy (non-hydrogen) atoms. The topological polar surface area (TPSA) is 65.1 Å². The van der Waals surface area contributed by atoms with Crippen LogP contribution < -0.4 is 4.74 Å². The maximum atomic E-state index is 12.4. The molecule has 6 nitrogen and oxygen atoms in total. The Hall–Kier alpha value is -2.50. The molecule has 0 fully saturated rings. The first-order valence-corrected chi connectivity index (χ1v) is 7.73. The Morgan fingerprint density at radius 2 is 1.71 bits per heavy atom. The lowest BCUT2D eigenvalue weighted by atomic mass is 10.0. The van der Waals surface area contributed by atoms with Gasteiger partial charge >= 0.3 is 12.1 Å². The van der Waals surface area contributed by atoms with Gasteiger partial charge in [0.15, 0.2) is 0 Å². The second-order valence-electron chi connectivity index (χ2n) is 6.43. The summed E-state index contributed by atoms with van der Waals surface area (Å²) in [6.45, 7) is 5.73. The van der Waals surface area contributed by atoms with Crippen molar-refractivity contribution in [3.63, 3.8) is 0 Å². The Bertz CT molecular complexity index is 655. The van der Waals surface area contributed by atoms with Gasteiger partial charge in [-0.05, 0) is 50.5 Å². The highest BCUT2D eigenvalue weighted by atomic mass is 16.6. The van der Waals surface area contributed by atoms with Gasteiger partial charge in [-0.3, -0.25) is 4.90 Å². The van der Waals surface area contributed by atoms with Crippen LogP contribution in [0.5, 0.6) is 5.75 Å². The third-order valence-corrected chi connectivity index (χ3v) is 3.57. The average molecular weight is 333 g/mol. The standard InChI is InChI=1S/C18H23NO5/c1-18(2,3)24-17(21)19-11-10-14(15(19)16(20)23-5)12-6-8-13(22-4)9-7-12/h6-9H,10-11H2,1-5H3. The van der Waals surface area contributed by atoms with E-state index in [2.05, 4.69) is 0 Å². The summed E-state index contributed by atoms with van der Waals surface area (Å²) in [6, 6.07) is 7.34. The van der Waals surface area contributed by atoms with E-state index in [-0.39, 0.29) is 5.70 Å². The van der Waals surface area contributed by atoms with Crippen molar-refractivity contribution in [2.45, 2.75) is 32.8 Å².